The van der Waals surface area contributed by atoms with Crippen molar-refractivity contribution in [2.75, 3.05) is 18.1 Å². The highest BCUT2D eigenvalue weighted by Gasteiger charge is 2.47. The minimum atomic E-state index is -1.14. The second kappa shape index (κ2) is 13.8. The molecule has 0 amide bonds. The number of rotatable bonds is 11. The highest BCUT2D eigenvalue weighted by molar-refractivity contribution is 5.92. The first-order chi connectivity index (χ1) is 22.5. The molecule has 47 heavy (non-hydrogen) atoms. The number of aliphatic hydroxyl groups is 2. The van der Waals surface area contributed by atoms with Crippen molar-refractivity contribution in [2.45, 2.75) is 77.1 Å². The number of anilines is 2. The molecular weight excluding hydrogens is 604 g/mol. The Bertz CT molecular complexity index is 1870. The SMILES string of the molecule is CC=C(C)C(=O)OC1Cc2c(c(C(CCCO)c3ccnc(N)c3)c3oc(CO)cc(=O)c3c2O)OC1(C)CCc1ccc(N)nc1. The van der Waals surface area contributed by atoms with Crippen LogP contribution in [-0.2, 0) is 29.0 Å². The Hall–Kier alpha value is -4.94. The lowest BCUT2D eigenvalue weighted by Gasteiger charge is -2.43. The smallest absolute Gasteiger partial charge is 0.333 e. The normalized spacial score (nSPS) is 18.4. The van der Waals surface area contributed by atoms with Gasteiger partial charge in [0.1, 0.15) is 58.2 Å². The van der Waals surface area contributed by atoms with Gasteiger partial charge in [-0.3, -0.25) is 4.79 Å². The molecule has 4 aromatic rings. The van der Waals surface area contributed by atoms with E-state index in [0.717, 1.165) is 11.6 Å². The fourth-order valence-corrected chi connectivity index (χ4v) is 6.03. The Morgan fingerprint density at radius 3 is 2.64 bits per heavy atom. The molecule has 12 heteroatoms. The van der Waals surface area contributed by atoms with Gasteiger partial charge in [0, 0.05) is 54.1 Å². The molecule has 1 aliphatic rings. The van der Waals surface area contributed by atoms with Gasteiger partial charge in [0.25, 0.3) is 0 Å². The van der Waals surface area contributed by atoms with Gasteiger partial charge in [-0.2, -0.15) is 0 Å². The fourth-order valence-electron chi connectivity index (χ4n) is 6.03. The lowest BCUT2D eigenvalue weighted by molar-refractivity contribution is -0.158. The number of nitrogens with zero attached hydrogens (tertiary/aromatic N) is 2. The van der Waals surface area contributed by atoms with E-state index in [1.54, 1.807) is 50.5 Å². The Morgan fingerprint density at radius 2 is 1.98 bits per heavy atom. The van der Waals surface area contributed by atoms with Gasteiger partial charge < -0.3 is 40.7 Å². The van der Waals surface area contributed by atoms with Crippen molar-refractivity contribution in [3.8, 4) is 11.5 Å². The van der Waals surface area contributed by atoms with Crippen LogP contribution in [0, 0.1) is 0 Å². The van der Waals surface area contributed by atoms with Gasteiger partial charge in [-0.1, -0.05) is 12.1 Å². The van der Waals surface area contributed by atoms with Crippen LogP contribution in [0.15, 0.2) is 63.6 Å². The standard InChI is InChI=1S/C35H40N4O8/c1-4-19(2)34(44)46-26-16-24-31(43)30-25(42)15-22(18-41)45-33(30)29(23(6-5-13-40)21-10-12-38-28(37)14-21)32(24)47-35(26,3)11-9-20-7-8-27(36)39-17-20/h4,7-8,10,12,14-15,17,23,26,40-41,43H,5-6,9,11,13,16,18H2,1-3H3,(H2,36,39)(H2,37,38). The molecule has 7 N–H and O–H groups in total. The third-order valence-electron chi connectivity index (χ3n) is 8.82. The number of phenolic OH excluding ortho intramolecular Hbond substituents is 1. The molecule has 0 saturated heterocycles. The molecule has 4 heterocycles. The average Bonchev–Trinajstić information content (AvgIpc) is 3.05. The number of nitrogens with two attached hydrogens (primary N) is 2. The third-order valence-corrected chi connectivity index (χ3v) is 8.82. The van der Waals surface area contributed by atoms with Crippen molar-refractivity contribution in [3.05, 3.63) is 92.6 Å². The number of hydrogen-bond donors (Lipinski definition) is 5. The summed E-state index contributed by atoms with van der Waals surface area (Å²) in [5.74, 6) is -0.526. The van der Waals surface area contributed by atoms with Crippen molar-refractivity contribution in [2.24, 2.45) is 0 Å². The predicted molar refractivity (Wildman–Crippen MR) is 176 cm³/mol. The van der Waals surface area contributed by atoms with Crippen molar-refractivity contribution >= 4 is 28.6 Å². The summed E-state index contributed by atoms with van der Waals surface area (Å²) >= 11 is 0. The maximum absolute atomic E-state index is 13.5. The Morgan fingerprint density at radius 1 is 1.19 bits per heavy atom. The number of aliphatic hydroxyl groups excluding tert-OH is 2. The molecule has 0 aliphatic carbocycles. The second-order valence-corrected chi connectivity index (χ2v) is 12.0. The molecule has 5 rings (SSSR count). The zero-order valence-corrected chi connectivity index (χ0v) is 26.7. The number of allylic oxidation sites excluding steroid dienone is 1. The Balaban J connectivity index is 1.77. The summed E-state index contributed by atoms with van der Waals surface area (Å²) in [5.41, 5.74) is 12.9. The van der Waals surface area contributed by atoms with E-state index in [4.69, 9.17) is 25.4 Å². The molecule has 12 nitrogen and oxygen atoms in total. The molecule has 3 aromatic heterocycles. The molecule has 0 fully saturated rings. The van der Waals surface area contributed by atoms with Gasteiger partial charge in [-0.15, -0.1) is 0 Å². The maximum Gasteiger partial charge on any atom is 0.333 e. The number of aryl methyl sites for hydroxylation is 1. The van der Waals surface area contributed by atoms with Crippen LogP contribution >= 0.6 is 0 Å². The highest BCUT2D eigenvalue weighted by Crippen LogP contribution is 2.51. The molecule has 3 unspecified atom stereocenters. The zero-order valence-electron chi connectivity index (χ0n) is 26.7. The number of ether oxygens (including phenoxy) is 2. The zero-order chi connectivity index (χ0) is 33.9. The van der Waals surface area contributed by atoms with Crippen LogP contribution in [0.3, 0.4) is 0 Å². The molecule has 3 atom stereocenters. The Kier molecular flexibility index (Phi) is 9.83. The van der Waals surface area contributed by atoms with Crippen molar-refractivity contribution < 1.29 is 34.0 Å². The summed E-state index contributed by atoms with van der Waals surface area (Å²) < 4.78 is 19.1. The summed E-state index contributed by atoms with van der Waals surface area (Å²) in [6.45, 7) is 4.55. The molecule has 1 aromatic carbocycles. The van der Waals surface area contributed by atoms with Gasteiger partial charge in [0.2, 0.25) is 0 Å². The molecule has 0 bridgehead atoms. The lowest BCUT2D eigenvalue weighted by Crippen LogP contribution is -2.52. The van der Waals surface area contributed by atoms with E-state index in [2.05, 4.69) is 9.97 Å². The van der Waals surface area contributed by atoms with Crippen molar-refractivity contribution in [1.29, 1.82) is 0 Å². The third kappa shape index (κ3) is 6.79. The Labute approximate surface area is 271 Å². The number of fused-ring (bicyclic) bond motifs is 2. The number of aromatic nitrogens is 2. The maximum atomic E-state index is 13.5. The average molecular weight is 645 g/mol. The van der Waals surface area contributed by atoms with E-state index in [9.17, 15) is 24.9 Å². The monoisotopic (exact) mass is 644 g/mol. The number of phenols is 1. The minimum absolute atomic E-state index is 0.00121. The van der Waals surface area contributed by atoms with Crippen LogP contribution in [0.4, 0.5) is 11.6 Å². The van der Waals surface area contributed by atoms with Gasteiger partial charge in [0.15, 0.2) is 5.43 Å². The van der Waals surface area contributed by atoms with Crippen LogP contribution in [0.1, 0.15) is 74.0 Å². The van der Waals surface area contributed by atoms with E-state index < -0.39 is 35.6 Å². The van der Waals surface area contributed by atoms with E-state index >= 15 is 0 Å². The number of carbonyl (C=O) groups excluding carboxylic acids is 1. The molecule has 248 valence electrons. The predicted octanol–water partition coefficient (Wildman–Crippen LogP) is 4.05. The topological polar surface area (TPSA) is 204 Å². The van der Waals surface area contributed by atoms with Gasteiger partial charge in [-0.05, 0) is 75.8 Å². The number of esters is 1. The van der Waals surface area contributed by atoms with Crippen LogP contribution in [0.2, 0.25) is 0 Å². The lowest BCUT2D eigenvalue weighted by atomic mass is 9.79. The summed E-state index contributed by atoms with van der Waals surface area (Å²) in [6.07, 6.45) is 5.66. The van der Waals surface area contributed by atoms with Crippen LogP contribution < -0.4 is 21.6 Å². The number of hydrogen-bond acceptors (Lipinski definition) is 12. The first-order valence-corrected chi connectivity index (χ1v) is 15.5. The van der Waals surface area contributed by atoms with E-state index in [1.165, 1.54) is 0 Å². The number of aromatic hydroxyl groups is 1. The summed E-state index contributed by atoms with van der Waals surface area (Å²) in [5, 5.41) is 31.4. The number of benzene rings is 1. The fraction of sp³-hybridized carbons (Fsp3) is 0.371. The summed E-state index contributed by atoms with van der Waals surface area (Å²) in [4.78, 5) is 34.9. The quantitative estimate of drug-likeness (QED) is 0.116. The van der Waals surface area contributed by atoms with Crippen molar-refractivity contribution in [3.63, 3.8) is 0 Å². The number of pyridine rings is 2. The van der Waals surface area contributed by atoms with Gasteiger partial charge in [-0.25, -0.2) is 14.8 Å². The van der Waals surface area contributed by atoms with Crippen molar-refractivity contribution in [1.82, 2.24) is 9.97 Å². The first-order valence-electron chi connectivity index (χ1n) is 15.5. The van der Waals surface area contributed by atoms with E-state index in [-0.39, 0.29) is 52.6 Å². The van der Waals surface area contributed by atoms with Gasteiger partial charge in [0.05, 0.1) is 0 Å². The van der Waals surface area contributed by atoms with E-state index in [0.29, 0.717) is 48.2 Å². The van der Waals surface area contributed by atoms with Gasteiger partial charge >= 0.3 is 5.97 Å². The highest BCUT2D eigenvalue weighted by atomic mass is 16.6. The molecule has 1 aliphatic heterocycles. The molecule has 0 saturated carbocycles. The number of carbonyl (C=O) groups is 1. The molecular formula is C35H40N4O8. The van der Waals surface area contributed by atoms with Crippen LogP contribution in [-0.4, -0.2) is 49.6 Å². The summed E-state index contributed by atoms with van der Waals surface area (Å²) in [6, 6.07) is 8.17. The number of nitrogen functional groups attached to an aromatic ring is 2. The van der Waals surface area contributed by atoms with E-state index in [1.807, 2.05) is 13.0 Å². The largest absolute Gasteiger partial charge is 0.507 e. The van der Waals surface area contributed by atoms with Crippen LogP contribution in [0.25, 0.3) is 11.0 Å². The minimum Gasteiger partial charge on any atom is -0.507 e. The molecule has 0 spiro atoms. The second-order valence-electron chi connectivity index (χ2n) is 12.0. The first kappa shape index (κ1) is 33.4. The molecule has 0 radical (unpaired) electrons. The summed E-state index contributed by atoms with van der Waals surface area (Å²) in [7, 11) is 0. The van der Waals surface area contributed by atoms with Crippen LogP contribution in [0.5, 0.6) is 11.5 Å².